The number of nitrogens with one attached hydrogen (secondary N) is 1. The van der Waals surface area contributed by atoms with Gasteiger partial charge < -0.3 is 10.2 Å². The zero-order valence-corrected chi connectivity index (χ0v) is 14.3. The smallest absolute Gasteiger partial charge is 0.271 e. The third-order valence-electron chi connectivity index (χ3n) is 4.48. The molecule has 0 aliphatic carbocycles. The van der Waals surface area contributed by atoms with Crippen molar-refractivity contribution in [3.8, 4) is 0 Å². The van der Waals surface area contributed by atoms with Gasteiger partial charge in [0.25, 0.3) is 5.69 Å². The zero-order valence-electron chi connectivity index (χ0n) is 14.3. The molecular formula is C19H19N3O4. The monoisotopic (exact) mass is 353 g/mol. The van der Waals surface area contributed by atoms with E-state index >= 15 is 0 Å². The van der Waals surface area contributed by atoms with Gasteiger partial charge in [-0.3, -0.25) is 19.7 Å². The Morgan fingerprint density at radius 2 is 2.00 bits per heavy atom. The molecule has 1 N–H and O–H groups in total. The van der Waals surface area contributed by atoms with Crippen LogP contribution < -0.4 is 10.2 Å². The maximum absolute atomic E-state index is 12.5. The van der Waals surface area contributed by atoms with Crippen LogP contribution in [0.25, 0.3) is 0 Å². The standard InChI is InChI=1S/C19H19N3O4/c1-2-13-6-8-16(9-7-13)21-12-14(10-18(21)23)19(24)20-15-4-3-5-17(11-15)22(25)26/h3-9,11,14H,2,10,12H2,1H3,(H,20,24). The average molecular weight is 353 g/mol. The minimum Gasteiger partial charge on any atom is -0.326 e. The van der Waals surface area contributed by atoms with E-state index in [-0.39, 0.29) is 23.9 Å². The maximum Gasteiger partial charge on any atom is 0.271 e. The first-order valence-electron chi connectivity index (χ1n) is 8.42. The van der Waals surface area contributed by atoms with Gasteiger partial charge in [-0.1, -0.05) is 25.1 Å². The summed E-state index contributed by atoms with van der Waals surface area (Å²) in [5.74, 6) is -0.910. The first kappa shape index (κ1) is 17.6. The number of anilines is 2. The summed E-state index contributed by atoms with van der Waals surface area (Å²) in [4.78, 5) is 36.7. The number of benzene rings is 2. The van der Waals surface area contributed by atoms with Gasteiger partial charge in [-0.15, -0.1) is 0 Å². The molecule has 2 aromatic rings. The van der Waals surface area contributed by atoms with Crippen molar-refractivity contribution in [3.05, 3.63) is 64.2 Å². The highest BCUT2D eigenvalue weighted by atomic mass is 16.6. The van der Waals surface area contributed by atoms with Crippen LogP contribution in [0.5, 0.6) is 0 Å². The molecule has 1 atom stereocenters. The van der Waals surface area contributed by atoms with Crippen molar-refractivity contribution in [2.75, 3.05) is 16.8 Å². The first-order chi connectivity index (χ1) is 12.5. The van der Waals surface area contributed by atoms with Crippen LogP contribution in [0.1, 0.15) is 18.9 Å². The van der Waals surface area contributed by atoms with Crippen molar-refractivity contribution < 1.29 is 14.5 Å². The van der Waals surface area contributed by atoms with Crippen molar-refractivity contribution in [1.82, 2.24) is 0 Å². The van der Waals surface area contributed by atoms with Gasteiger partial charge in [0.2, 0.25) is 11.8 Å². The molecule has 0 saturated carbocycles. The number of rotatable bonds is 5. The molecule has 2 amide bonds. The van der Waals surface area contributed by atoms with Crippen LogP contribution >= 0.6 is 0 Å². The van der Waals surface area contributed by atoms with Gasteiger partial charge in [-0.25, -0.2) is 0 Å². The number of nitro benzene ring substituents is 1. The highest BCUT2D eigenvalue weighted by molar-refractivity contribution is 6.03. The lowest BCUT2D eigenvalue weighted by Crippen LogP contribution is -2.28. The Bertz CT molecular complexity index is 848. The van der Waals surface area contributed by atoms with Crippen molar-refractivity contribution in [2.45, 2.75) is 19.8 Å². The second-order valence-electron chi connectivity index (χ2n) is 6.22. The Labute approximate surface area is 150 Å². The number of non-ortho nitro benzene ring substituents is 1. The van der Waals surface area contributed by atoms with Crippen molar-refractivity contribution in [1.29, 1.82) is 0 Å². The second kappa shape index (κ2) is 7.35. The lowest BCUT2D eigenvalue weighted by atomic mass is 10.1. The highest BCUT2D eigenvalue weighted by Crippen LogP contribution is 2.27. The van der Waals surface area contributed by atoms with Gasteiger partial charge >= 0.3 is 0 Å². The summed E-state index contributed by atoms with van der Waals surface area (Å²) >= 11 is 0. The van der Waals surface area contributed by atoms with Crippen LogP contribution in [-0.2, 0) is 16.0 Å². The third-order valence-corrected chi connectivity index (χ3v) is 4.48. The zero-order chi connectivity index (χ0) is 18.7. The number of amides is 2. The molecule has 0 spiro atoms. The molecule has 1 aliphatic rings. The lowest BCUT2D eigenvalue weighted by molar-refractivity contribution is -0.384. The molecule has 26 heavy (non-hydrogen) atoms. The van der Waals surface area contributed by atoms with Crippen LogP contribution in [0.4, 0.5) is 17.1 Å². The predicted octanol–water partition coefficient (Wildman–Crippen LogP) is 3.15. The number of hydrogen-bond donors (Lipinski definition) is 1. The minimum atomic E-state index is -0.517. The van der Waals surface area contributed by atoms with E-state index in [0.29, 0.717) is 12.2 Å². The molecule has 1 heterocycles. The van der Waals surface area contributed by atoms with Gasteiger partial charge in [0.1, 0.15) is 0 Å². The molecular weight excluding hydrogens is 334 g/mol. The number of aryl methyl sites for hydroxylation is 1. The van der Waals surface area contributed by atoms with E-state index in [1.165, 1.54) is 23.8 Å². The molecule has 0 bridgehead atoms. The van der Waals surface area contributed by atoms with E-state index in [4.69, 9.17) is 0 Å². The molecule has 1 unspecified atom stereocenters. The Morgan fingerprint density at radius 3 is 2.65 bits per heavy atom. The second-order valence-corrected chi connectivity index (χ2v) is 6.22. The van der Waals surface area contributed by atoms with Crippen LogP contribution in [-0.4, -0.2) is 23.3 Å². The predicted molar refractivity (Wildman–Crippen MR) is 98.0 cm³/mol. The Morgan fingerprint density at radius 1 is 1.27 bits per heavy atom. The van der Waals surface area contributed by atoms with Gasteiger partial charge in [0.05, 0.1) is 10.8 Å². The number of nitro groups is 1. The van der Waals surface area contributed by atoms with E-state index in [1.54, 1.807) is 11.0 Å². The SMILES string of the molecule is CCc1ccc(N2CC(C(=O)Nc3cccc([N+](=O)[O-])c3)CC2=O)cc1. The number of nitrogens with zero attached hydrogens (tertiary/aromatic N) is 2. The summed E-state index contributed by atoms with van der Waals surface area (Å²) in [5.41, 5.74) is 2.21. The summed E-state index contributed by atoms with van der Waals surface area (Å²) in [6.07, 6.45) is 1.04. The number of hydrogen-bond acceptors (Lipinski definition) is 4. The van der Waals surface area contributed by atoms with Gasteiger partial charge in [0, 0.05) is 36.5 Å². The molecule has 7 heteroatoms. The summed E-state index contributed by atoms with van der Waals surface area (Å²) in [6.45, 7) is 2.36. The van der Waals surface area contributed by atoms with E-state index in [9.17, 15) is 19.7 Å². The van der Waals surface area contributed by atoms with E-state index < -0.39 is 10.8 Å². The van der Waals surface area contributed by atoms with Gasteiger partial charge in [-0.2, -0.15) is 0 Å². The number of carbonyl (C=O) groups excluding carboxylic acids is 2. The number of carbonyl (C=O) groups is 2. The average Bonchev–Trinajstić information content (AvgIpc) is 3.04. The fourth-order valence-corrected chi connectivity index (χ4v) is 2.99. The van der Waals surface area contributed by atoms with Crippen LogP contribution in [0.3, 0.4) is 0 Å². The molecule has 134 valence electrons. The fourth-order valence-electron chi connectivity index (χ4n) is 2.99. The normalized spacial score (nSPS) is 16.6. The first-order valence-corrected chi connectivity index (χ1v) is 8.42. The quantitative estimate of drug-likeness (QED) is 0.660. The van der Waals surface area contributed by atoms with Crippen molar-refractivity contribution >= 4 is 28.9 Å². The lowest BCUT2D eigenvalue weighted by Gasteiger charge is -2.17. The van der Waals surface area contributed by atoms with Crippen LogP contribution in [0.2, 0.25) is 0 Å². The molecule has 1 saturated heterocycles. The summed E-state index contributed by atoms with van der Waals surface area (Å²) in [7, 11) is 0. The molecule has 7 nitrogen and oxygen atoms in total. The molecule has 1 aliphatic heterocycles. The fraction of sp³-hybridized carbons (Fsp3) is 0.263. The molecule has 2 aromatic carbocycles. The van der Waals surface area contributed by atoms with Crippen molar-refractivity contribution in [3.63, 3.8) is 0 Å². The van der Waals surface area contributed by atoms with E-state index in [1.807, 2.05) is 24.3 Å². The van der Waals surface area contributed by atoms with Crippen LogP contribution in [0.15, 0.2) is 48.5 Å². The molecule has 0 radical (unpaired) electrons. The maximum atomic E-state index is 12.5. The summed E-state index contributed by atoms with van der Waals surface area (Å²) in [6, 6.07) is 13.5. The third kappa shape index (κ3) is 3.72. The molecule has 0 aromatic heterocycles. The van der Waals surface area contributed by atoms with Crippen LogP contribution in [0, 0.1) is 16.0 Å². The minimum absolute atomic E-state index is 0.0945. The highest BCUT2D eigenvalue weighted by Gasteiger charge is 2.35. The van der Waals surface area contributed by atoms with Crippen molar-refractivity contribution in [2.24, 2.45) is 5.92 Å². The Balaban J connectivity index is 1.68. The van der Waals surface area contributed by atoms with Gasteiger partial charge in [0.15, 0.2) is 0 Å². The molecule has 3 rings (SSSR count). The van der Waals surface area contributed by atoms with Gasteiger partial charge in [-0.05, 0) is 30.2 Å². The topological polar surface area (TPSA) is 92.6 Å². The summed E-state index contributed by atoms with van der Waals surface area (Å²) in [5, 5.41) is 13.5. The Hall–Kier alpha value is -3.22. The Kier molecular flexibility index (Phi) is 4.97. The summed E-state index contributed by atoms with van der Waals surface area (Å²) < 4.78 is 0. The molecule has 1 fully saturated rings. The van der Waals surface area contributed by atoms with E-state index in [0.717, 1.165) is 12.1 Å². The largest absolute Gasteiger partial charge is 0.326 e. The van der Waals surface area contributed by atoms with E-state index in [2.05, 4.69) is 12.2 Å².